The van der Waals surface area contributed by atoms with Crippen LogP contribution in [0.15, 0.2) is 29.5 Å². The lowest BCUT2D eigenvalue weighted by Gasteiger charge is -2.13. The number of hydrogen-bond acceptors (Lipinski definition) is 4. The number of carbonyl (C=O) groups is 1. The van der Waals surface area contributed by atoms with E-state index in [2.05, 4.69) is 27.1 Å². The zero-order valence-corrected chi connectivity index (χ0v) is 13.9. The van der Waals surface area contributed by atoms with Gasteiger partial charge in [-0.3, -0.25) is 9.20 Å². The lowest BCUT2D eigenvalue weighted by atomic mass is 10.2. The molecule has 1 N–H and O–H groups in total. The second-order valence-electron chi connectivity index (χ2n) is 5.47. The molecule has 13 heteroatoms. The number of aromatic nitrogens is 3. The third-order valence-corrected chi connectivity index (χ3v) is 3.06. The quantitative estimate of drug-likeness (QED) is 0.374. The van der Waals surface area contributed by atoms with Crippen LogP contribution in [-0.4, -0.2) is 45.8 Å². The average Bonchev–Trinajstić information content (AvgIpc) is 2.92. The summed E-state index contributed by atoms with van der Waals surface area (Å²) in [7, 11) is 3.16. The number of alkyl halides is 6. The Hall–Kier alpha value is -3.12. The Morgan fingerprint density at radius 1 is 1.22 bits per heavy atom. The van der Waals surface area contributed by atoms with Crippen molar-refractivity contribution in [2.75, 3.05) is 19.4 Å². The zero-order valence-electron chi connectivity index (χ0n) is 13.9. The Bertz CT molecular complexity index is 911. The van der Waals surface area contributed by atoms with Gasteiger partial charge in [-0.05, 0) is 6.07 Å². The van der Waals surface area contributed by atoms with Gasteiger partial charge in [-0.1, -0.05) is 6.58 Å². The first-order chi connectivity index (χ1) is 12.3. The number of nitrogens with one attached hydrogen (secondary N) is 1. The second-order valence-corrected chi connectivity index (χ2v) is 5.47. The number of hydrogen-bond donors (Lipinski definition) is 1. The second kappa shape index (κ2) is 6.89. The fourth-order valence-corrected chi connectivity index (χ4v) is 1.88. The van der Waals surface area contributed by atoms with E-state index >= 15 is 0 Å². The monoisotopic (exact) mass is 394 g/mol. The fourth-order valence-electron chi connectivity index (χ4n) is 1.88. The summed E-state index contributed by atoms with van der Waals surface area (Å²) in [4.78, 5) is 16.7. The third-order valence-electron chi connectivity index (χ3n) is 3.06. The van der Waals surface area contributed by atoms with Crippen LogP contribution in [0.2, 0.25) is 0 Å². The standard InChI is InChI=1S/C14H12F6N6O/c1-7(11(27)21-6-25(2)3)22-12-24-23-10-9(14(18,19)20)4-8(5-26(10)12)13(15,16)17/h4-6H,1H2,2-3H3,(H,22,24)/b21-6+. The highest BCUT2D eigenvalue weighted by Gasteiger charge is 2.39. The number of aliphatic imine (C=N–C) groups is 1. The first kappa shape index (κ1) is 20.2. The topological polar surface area (TPSA) is 74.9 Å². The van der Waals surface area contributed by atoms with Crippen molar-refractivity contribution in [3.63, 3.8) is 0 Å². The molecular weight excluding hydrogens is 382 g/mol. The number of anilines is 1. The van der Waals surface area contributed by atoms with Crippen LogP contribution in [0.1, 0.15) is 11.1 Å². The molecule has 146 valence electrons. The van der Waals surface area contributed by atoms with Crippen LogP contribution >= 0.6 is 0 Å². The van der Waals surface area contributed by atoms with Gasteiger partial charge in [0.15, 0.2) is 5.65 Å². The summed E-state index contributed by atoms with van der Waals surface area (Å²) in [5.41, 5.74) is -4.48. The summed E-state index contributed by atoms with van der Waals surface area (Å²) < 4.78 is 78.6. The number of rotatable bonds is 4. The van der Waals surface area contributed by atoms with Crippen LogP contribution in [0.3, 0.4) is 0 Å². The minimum Gasteiger partial charge on any atom is -0.369 e. The first-order valence-electron chi connectivity index (χ1n) is 7.04. The van der Waals surface area contributed by atoms with Gasteiger partial charge in [0.1, 0.15) is 11.3 Å². The predicted molar refractivity (Wildman–Crippen MR) is 82.9 cm³/mol. The molecule has 0 aliphatic carbocycles. The van der Waals surface area contributed by atoms with E-state index in [-0.39, 0.29) is 6.07 Å². The van der Waals surface area contributed by atoms with E-state index in [9.17, 15) is 31.1 Å². The number of pyridine rings is 1. The predicted octanol–water partition coefficient (Wildman–Crippen LogP) is 2.81. The van der Waals surface area contributed by atoms with E-state index < -0.39 is 46.7 Å². The average molecular weight is 394 g/mol. The Kier molecular flexibility index (Phi) is 5.15. The van der Waals surface area contributed by atoms with Crippen LogP contribution in [0.25, 0.3) is 5.65 Å². The highest BCUT2D eigenvalue weighted by atomic mass is 19.4. The largest absolute Gasteiger partial charge is 0.420 e. The van der Waals surface area contributed by atoms with Crippen molar-refractivity contribution in [3.05, 3.63) is 35.7 Å². The maximum atomic E-state index is 13.1. The summed E-state index contributed by atoms with van der Waals surface area (Å²) in [6.45, 7) is 3.34. The van der Waals surface area contributed by atoms with Crippen LogP contribution in [0.5, 0.6) is 0 Å². The van der Waals surface area contributed by atoms with E-state index in [0.717, 1.165) is 6.34 Å². The maximum Gasteiger partial charge on any atom is 0.420 e. The normalized spacial score (nSPS) is 12.6. The third kappa shape index (κ3) is 4.54. The van der Waals surface area contributed by atoms with Gasteiger partial charge in [0.05, 0.1) is 11.9 Å². The molecule has 1 amide bonds. The number of fused-ring (bicyclic) bond motifs is 1. The summed E-state index contributed by atoms with van der Waals surface area (Å²) in [6.07, 6.45) is -8.62. The van der Waals surface area contributed by atoms with Gasteiger partial charge >= 0.3 is 12.4 Å². The van der Waals surface area contributed by atoms with Crippen molar-refractivity contribution in [2.45, 2.75) is 12.4 Å². The van der Waals surface area contributed by atoms with Crippen molar-refractivity contribution in [1.82, 2.24) is 19.5 Å². The van der Waals surface area contributed by atoms with Crippen molar-refractivity contribution in [1.29, 1.82) is 0 Å². The molecular formula is C14H12F6N6O. The van der Waals surface area contributed by atoms with E-state index in [4.69, 9.17) is 0 Å². The first-order valence-corrected chi connectivity index (χ1v) is 7.04. The van der Waals surface area contributed by atoms with Gasteiger partial charge < -0.3 is 10.2 Å². The molecule has 0 saturated carbocycles. The van der Waals surface area contributed by atoms with Gasteiger partial charge in [-0.15, -0.1) is 10.2 Å². The van der Waals surface area contributed by atoms with Gasteiger partial charge in [0.2, 0.25) is 5.95 Å². The maximum absolute atomic E-state index is 13.1. The van der Waals surface area contributed by atoms with Crippen molar-refractivity contribution in [3.8, 4) is 0 Å². The minimum absolute atomic E-state index is 0.0604. The molecule has 0 fully saturated rings. The van der Waals surface area contributed by atoms with E-state index in [1.807, 2.05) is 0 Å². The van der Waals surface area contributed by atoms with Gasteiger partial charge in [0.25, 0.3) is 5.91 Å². The van der Waals surface area contributed by atoms with Crippen LogP contribution in [0.4, 0.5) is 32.3 Å². The molecule has 0 atom stereocenters. The van der Waals surface area contributed by atoms with Gasteiger partial charge in [-0.25, -0.2) is 0 Å². The summed E-state index contributed by atoms with van der Waals surface area (Å²) in [5, 5.41) is 8.85. The van der Waals surface area contributed by atoms with E-state index in [0.29, 0.717) is 10.6 Å². The lowest BCUT2D eigenvalue weighted by Crippen LogP contribution is -2.16. The SMILES string of the molecule is C=C(Nc1nnc2c(C(F)(F)F)cc(C(F)(F)F)cn12)C(=O)/N=C/N(C)C. The highest BCUT2D eigenvalue weighted by Crippen LogP contribution is 2.37. The Morgan fingerprint density at radius 3 is 2.37 bits per heavy atom. The molecule has 2 rings (SSSR count). The van der Waals surface area contributed by atoms with Crippen molar-refractivity contribution < 1.29 is 31.1 Å². The Balaban J connectivity index is 2.50. The molecule has 0 bridgehead atoms. The molecule has 7 nitrogen and oxygen atoms in total. The van der Waals surface area contributed by atoms with Crippen LogP contribution < -0.4 is 5.32 Å². The Labute approximate surface area is 148 Å². The van der Waals surface area contributed by atoms with E-state index in [1.54, 1.807) is 14.1 Å². The van der Waals surface area contributed by atoms with Crippen LogP contribution in [0, 0.1) is 0 Å². The molecule has 0 radical (unpaired) electrons. The number of nitrogens with zero attached hydrogens (tertiary/aromatic N) is 5. The van der Waals surface area contributed by atoms with Crippen molar-refractivity contribution in [2.24, 2.45) is 4.99 Å². The van der Waals surface area contributed by atoms with E-state index in [1.165, 1.54) is 4.90 Å². The summed E-state index contributed by atoms with van der Waals surface area (Å²) >= 11 is 0. The zero-order chi connectivity index (χ0) is 20.6. The summed E-state index contributed by atoms with van der Waals surface area (Å²) in [6, 6.07) is -0.0604. The van der Waals surface area contributed by atoms with Crippen LogP contribution in [-0.2, 0) is 17.1 Å². The number of amides is 1. The molecule has 0 aromatic carbocycles. The lowest BCUT2D eigenvalue weighted by molar-refractivity contribution is -0.142. The molecule has 0 spiro atoms. The molecule has 0 saturated heterocycles. The molecule has 2 aromatic heterocycles. The summed E-state index contributed by atoms with van der Waals surface area (Å²) in [5.74, 6) is -1.46. The number of halogens is 6. The highest BCUT2D eigenvalue weighted by molar-refractivity contribution is 5.99. The molecule has 0 aliphatic rings. The van der Waals surface area contributed by atoms with Gasteiger partial charge in [-0.2, -0.15) is 31.3 Å². The Morgan fingerprint density at radius 2 is 1.85 bits per heavy atom. The molecule has 2 aromatic rings. The number of carbonyl (C=O) groups excluding carboxylic acids is 1. The minimum atomic E-state index is -5.10. The molecule has 2 heterocycles. The smallest absolute Gasteiger partial charge is 0.369 e. The molecule has 0 unspecified atom stereocenters. The fraction of sp³-hybridized carbons (Fsp3) is 0.286. The molecule has 0 aliphatic heterocycles. The van der Waals surface area contributed by atoms with Crippen molar-refractivity contribution >= 4 is 23.8 Å². The van der Waals surface area contributed by atoms with Gasteiger partial charge in [0, 0.05) is 20.3 Å². The molecule has 27 heavy (non-hydrogen) atoms.